The van der Waals surface area contributed by atoms with Gasteiger partial charge in [-0.15, -0.1) is 0 Å². The summed E-state index contributed by atoms with van der Waals surface area (Å²) in [6, 6.07) is 1.51. The number of unbranched alkanes of at least 4 members (excludes halogenated alkanes) is 1. The molecule has 0 radical (unpaired) electrons. The summed E-state index contributed by atoms with van der Waals surface area (Å²) in [6.45, 7) is 3.38. The van der Waals surface area contributed by atoms with E-state index in [1.54, 1.807) is 11.0 Å². The Morgan fingerprint density at radius 3 is 2.86 bits per heavy atom. The Balaban J connectivity index is 1.92. The molecule has 0 unspecified atom stereocenters. The lowest BCUT2D eigenvalue weighted by atomic mass is 10.1. The summed E-state index contributed by atoms with van der Waals surface area (Å²) >= 11 is 0. The van der Waals surface area contributed by atoms with E-state index in [2.05, 4.69) is 4.98 Å². The van der Waals surface area contributed by atoms with Gasteiger partial charge in [-0.3, -0.25) is 19.1 Å². The zero-order valence-electron chi connectivity index (χ0n) is 12.4. The van der Waals surface area contributed by atoms with Gasteiger partial charge in [0.2, 0.25) is 5.91 Å². The molecule has 8 heteroatoms. The maximum atomic E-state index is 11.8. The van der Waals surface area contributed by atoms with Crippen LogP contribution in [0, 0.1) is 11.3 Å². The van der Waals surface area contributed by atoms with Crippen molar-refractivity contribution >= 4 is 5.91 Å². The van der Waals surface area contributed by atoms with Gasteiger partial charge in [0.25, 0.3) is 5.56 Å². The number of amides is 1. The van der Waals surface area contributed by atoms with Gasteiger partial charge in [-0.2, -0.15) is 5.26 Å². The first kappa shape index (κ1) is 16.0. The summed E-state index contributed by atoms with van der Waals surface area (Å²) in [5, 5.41) is 8.82. The quantitative estimate of drug-likeness (QED) is 0.720. The van der Waals surface area contributed by atoms with Gasteiger partial charge >= 0.3 is 5.69 Å². The van der Waals surface area contributed by atoms with E-state index >= 15 is 0 Å². The van der Waals surface area contributed by atoms with Crippen molar-refractivity contribution in [3.63, 3.8) is 0 Å². The molecule has 1 aromatic heterocycles. The van der Waals surface area contributed by atoms with Crippen LogP contribution in [0.4, 0.5) is 0 Å². The number of nitrogens with one attached hydrogen (secondary N) is 1. The molecular weight excluding hydrogens is 288 g/mol. The highest BCUT2D eigenvalue weighted by Crippen LogP contribution is 2.19. The minimum Gasteiger partial charge on any atom is -0.372 e. The van der Waals surface area contributed by atoms with Crippen molar-refractivity contribution in [3.05, 3.63) is 32.6 Å². The lowest BCUT2D eigenvalue weighted by Gasteiger charge is -2.39. The van der Waals surface area contributed by atoms with Crippen LogP contribution in [0.1, 0.15) is 31.4 Å². The molecule has 0 bridgehead atoms. The normalized spacial score (nSPS) is 14.5. The van der Waals surface area contributed by atoms with Crippen LogP contribution >= 0.6 is 0 Å². The third-order valence-electron chi connectivity index (χ3n) is 3.56. The largest absolute Gasteiger partial charge is 0.372 e. The fourth-order valence-electron chi connectivity index (χ4n) is 2.17. The maximum absolute atomic E-state index is 11.8. The Labute approximate surface area is 126 Å². The Hall–Kier alpha value is -2.40. The van der Waals surface area contributed by atoms with Crippen LogP contribution in [-0.2, 0) is 9.53 Å². The fourth-order valence-corrected chi connectivity index (χ4v) is 2.17. The molecule has 2 rings (SSSR count). The van der Waals surface area contributed by atoms with Crippen LogP contribution in [0.3, 0.4) is 0 Å². The molecule has 1 fully saturated rings. The number of carbonyl (C=O) groups excluding carboxylic acids is 1. The minimum absolute atomic E-state index is 0.0384. The summed E-state index contributed by atoms with van der Waals surface area (Å²) in [6.07, 6.45) is 3.17. The number of hydrogen-bond acceptors (Lipinski definition) is 5. The molecule has 8 nitrogen and oxygen atoms in total. The van der Waals surface area contributed by atoms with Gasteiger partial charge in [0.15, 0.2) is 0 Å². The van der Waals surface area contributed by atoms with Crippen molar-refractivity contribution in [2.75, 3.05) is 26.3 Å². The first-order valence-corrected chi connectivity index (χ1v) is 7.18. The second kappa shape index (κ2) is 7.04. The molecule has 118 valence electrons. The summed E-state index contributed by atoms with van der Waals surface area (Å²) < 4.78 is 6.55. The van der Waals surface area contributed by atoms with Gasteiger partial charge in [0.1, 0.15) is 18.2 Å². The van der Waals surface area contributed by atoms with E-state index in [4.69, 9.17) is 10.00 Å². The number of rotatable bonds is 6. The van der Waals surface area contributed by atoms with Gasteiger partial charge in [-0.1, -0.05) is 13.3 Å². The third-order valence-corrected chi connectivity index (χ3v) is 3.56. The van der Waals surface area contributed by atoms with E-state index in [0.29, 0.717) is 19.7 Å². The summed E-state index contributed by atoms with van der Waals surface area (Å²) in [5.74, 6) is -0.120. The average Bonchev–Trinajstić information content (AvgIpc) is 2.44. The molecule has 1 aliphatic heterocycles. The van der Waals surface area contributed by atoms with Crippen LogP contribution in [0.5, 0.6) is 0 Å². The number of likely N-dealkylation sites (tertiary alicyclic amines) is 1. The van der Waals surface area contributed by atoms with E-state index in [9.17, 15) is 14.4 Å². The van der Waals surface area contributed by atoms with Gasteiger partial charge in [0, 0.05) is 25.9 Å². The first-order valence-electron chi connectivity index (χ1n) is 7.18. The van der Waals surface area contributed by atoms with E-state index < -0.39 is 11.2 Å². The average molecular weight is 306 g/mol. The van der Waals surface area contributed by atoms with Crippen LogP contribution in [0.2, 0.25) is 0 Å². The standard InChI is InChI=1S/C14H18N4O4/c1-2-3-4-22-9-12(19)17-7-11(8-17)18-6-10(5-15)13(20)16-14(18)21/h6,11H,2-4,7-9H2,1H3,(H,16,20,21). The number of nitrogens with zero attached hydrogens (tertiary/aromatic N) is 3. The summed E-state index contributed by atoms with van der Waals surface area (Å²) in [4.78, 5) is 38.6. The van der Waals surface area contributed by atoms with Crippen molar-refractivity contribution in [1.29, 1.82) is 5.26 Å². The monoisotopic (exact) mass is 306 g/mol. The predicted molar refractivity (Wildman–Crippen MR) is 77.4 cm³/mol. The van der Waals surface area contributed by atoms with Crippen molar-refractivity contribution in [1.82, 2.24) is 14.5 Å². The van der Waals surface area contributed by atoms with Crippen molar-refractivity contribution in [3.8, 4) is 6.07 Å². The second-order valence-corrected chi connectivity index (χ2v) is 5.18. The van der Waals surface area contributed by atoms with E-state index in [-0.39, 0.29) is 24.1 Å². The van der Waals surface area contributed by atoms with Gasteiger partial charge in [0.05, 0.1) is 6.04 Å². The third kappa shape index (κ3) is 3.43. The van der Waals surface area contributed by atoms with E-state index in [1.807, 2.05) is 6.92 Å². The number of hydrogen-bond donors (Lipinski definition) is 1. The van der Waals surface area contributed by atoms with Gasteiger partial charge < -0.3 is 9.64 Å². The van der Waals surface area contributed by atoms with Crippen LogP contribution < -0.4 is 11.2 Å². The smallest absolute Gasteiger partial charge is 0.328 e. The Morgan fingerprint density at radius 2 is 2.23 bits per heavy atom. The zero-order chi connectivity index (χ0) is 16.1. The lowest BCUT2D eigenvalue weighted by Crippen LogP contribution is -2.54. The highest BCUT2D eigenvalue weighted by molar-refractivity contribution is 5.78. The topological polar surface area (TPSA) is 108 Å². The molecule has 1 amide bonds. The van der Waals surface area contributed by atoms with Crippen LogP contribution in [0.25, 0.3) is 0 Å². The van der Waals surface area contributed by atoms with Gasteiger partial charge in [-0.05, 0) is 6.42 Å². The molecule has 0 aliphatic carbocycles. The molecule has 22 heavy (non-hydrogen) atoms. The Morgan fingerprint density at radius 1 is 1.50 bits per heavy atom. The highest BCUT2D eigenvalue weighted by Gasteiger charge is 2.32. The molecule has 1 saturated heterocycles. The summed E-state index contributed by atoms with van der Waals surface area (Å²) in [7, 11) is 0. The van der Waals surface area contributed by atoms with E-state index in [0.717, 1.165) is 12.8 Å². The van der Waals surface area contributed by atoms with Gasteiger partial charge in [-0.25, -0.2) is 4.79 Å². The molecule has 0 spiro atoms. The van der Waals surface area contributed by atoms with Crippen LogP contribution in [-0.4, -0.2) is 46.7 Å². The maximum Gasteiger partial charge on any atom is 0.328 e. The van der Waals surface area contributed by atoms with Crippen molar-refractivity contribution in [2.45, 2.75) is 25.8 Å². The highest BCUT2D eigenvalue weighted by atomic mass is 16.5. The molecule has 0 atom stereocenters. The number of carbonyl (C=O) groups is 1. The molecule has 0 saturated carbocycles. The first-order chi connectivity index (χ1) is 10.6. The number of aromatic nitrogens is 2. The van der Waals surface area contributed by atoms with Crippen LogP contribution in [0.15, 0.2) is 15.8 Å². The Bertz CT molecular complexity index is 694. The molecule has 1 aliphatic rings. The second-order valence-electron chi connectivity index (χ2n) is 5.18. The molecule has 0 aromatic carbocycles. The number of nitriles is 1. The predicted octanol–water partition coefficient (Wildman–Crippen LogP) is -0.392. The Kier molecular flexibility index (Phi) is 5.12. The molecular formula is C14H18N4O4. The number of aromatic amines is 1. The number of H-pyrrole nitrogens is 1. The minimum atomic E-state index is -0.694. The fraction of sp³-hybridized carbons (Fsp3) is 0.571. The van der Waals surface area contributed by atoms with Crippen molar-refractivity contribution < 1.29 is 9.53 Å². The zero-order valence-corrected chi connectivity index (χ0v) is 12.4. The molecule has 2 heterocycles. The molecule has 1 aromatic rings. The molecule has 1 N–H and O–H groups in total. The number of ether oxygens (including phenoxy) is 1. The van der Waals surface area contributed by atoms with Crippen molar-refractivity contribution in [2.24, 2.45) is 0 Å². The summed E-state index contributed by atoms with van der Waals surface area (Å²) in [5.41, 5.74) is -1.38. The SMILES string of the molecule is CCCCOCC(=O)N1CC(n2cc(C#N)c(=O)[nH]c2=O)C1. The van der Waals surface area contributed by atoms with E-state index in [1.165, 1.54) is 10.8 Å². The lowest BCUT2D eigenvalue weighted by molar-refractivity contribution is -0.142.